The van der Waals surface area contributed by atoms with Crippen LogP contribution in [0.15, 0.2) is 54.9 Å². The van der Waals surface area contributed by atoms with E-state index in [-0.39, 0.29) is 24.0 Å². The monoisotopic (exact) mass is 554 g/mol. The minimum atomic E-state index is -0.963. The molecule has 4 heterocycles. The molecule has 2 aromatic carbocycles. The number of nitrogens with zero attached hydrogens (tertiary/aromatic N) is 6. The van der Waals surface area contributed by atoms with Crippen LogP contribution in [-0.4, -0.2) is 61.3 Å². The maximum absolute atomic E-state index is 14.2. The predicted octanol–water partition coefficient (Wildman–Crippen LogP) is 4.87. The lowest BCUT2D eigenvalue weighted by Gasteiger charge is -2.29. The van der Waals surface area contributed by atoms with Crippen LogP contribution < -0.4 is 4.74 Å². The van der Waals surface area contributed by atoms with E-state index in [4.69, 9.17) is 21.0 Å². The number of rotatable bonds is 9. The maximum atomic E-state index is 14.2. The molecule has 1 fully saturated rings. The number of imidazole rings is 1. The van der Waals surface area contributed by atoms with Crippen molar-refractivity contribution in [2.45, 2.75) is 38.6 Å². The summed E-state index contributed by atoms with van der Waals surface area (Å²) in [5.74, 6) is -0.280. The Labute approximate surface area is 235 Å². The lowest BCUT2D eigenvalue weighted by Crippen LogP contribution is -2.33. The zero-order chi connectivity index (χ0) is 28.3. The number of carboxylic acids is 1. The third-order valence-electron chi connectivity index (χ3n) is 7.39. The molecular weight excluding hydrogens is 527 g/mol. The third kappa shape index (κ3) is 5.79. The quantitative estimate of drug-likeness (QED) is 0.292. The minimum Gasteiger partial charge on any atom is -0.478 e. The molecule has 2 aliphatic rings. The van der Waals surface area contributed by atoms with Crippen LogP contribution >= 0.6 is 0 Å². The van der Waals surface area contributed by atoms with E-state index in [9.17, 15) is 14.3 Å². The molecule has 0 bridgehead atoms. The van der Waals surface area contributed by atoms with E-state index in [1.54, 1.807) is 30.5 Å². The highest BCUT2D eigenvalue weighted by molar-refractivity contribution is 5.92. The number of ether oxygens (including phenoxy) is 2. The Bertz CT molecular complexity index is 1690. The molecule has 0 saturated carbocycles. The second-order valence-electron chi connectivity index (χ2n) is 10.1. The largest absolute Gasteiger partial charge is 0.478 e. The Morgan fingerprint density at radius 1 is 1.22 bits per heavy atom. The van der Waals surface area contributed by atoms with Crippen LogP contribution in [-0.2, 0) is 24.4 Å². The smallest absolute Gasteiger partial charge is 0.335 e. The summed E-state index contributed by atoms with van der Waals surface area (Å²) in [5, 5.41) is 9.48. The van der Waals surface area contributed by atoms with Crippen molar-refractivity contribution < 1.29 is 23.8 Å². The van der Waals surface area contributed by atoms with Gasteiger partial charge in [-0.05, 0) is 42.7 Å². The summed E-state index contributed by atoms with van der Waals surface area (Å²) >= 11 is 0. The molecule has 41 heavy (non-hydrogen) atoms. The van der Waals surface area contributed by atoms with Gasteiger partial charge in [-0.15, -0.1) is 0 Å². The molecule has 10 nitrogen and oxygen atoms in total. The molecule has 208 valence electrons. The van der Waals surface area contributed by atoms with Crippen LogP contribution in [0.25, 0.3) is 21.5 Å². The Morgan fingerprint density at radius 2 is 2.10 bits per heavy atom. The van der Waals surface area contributed by atoms with Crippen LogP contribution in [0, 0.1) is 12.4 Å². The number of aromatic carboxylic acids is 1. The van der Waals surface area contributed by atoms with Gasteiger partial charge in [0, 0.05) is 25.3 Å². The van der Waals surface area contributed by atoms with Crippen molar-refractivity contribution in [2.75, 3.05) is 19.7 Å². The van der Waals surface area contributed by atoms with E-state index in [2.05, 4.69) is 30.4 Å². The lowest BCUT2D eigenvalue weighted by atomic mass is 10.1. The summed E-state index contributed by atoms with van der Waals surface area (Å²) in [5.41, 5.74) is 4.15. The van der Waals surface area contributed by atoms with Gasteiger partial charge >= 0.3 is 5.97 Å². The van der Waals surface area contributed by atoms with Gasteiger partial charge in [0.15, 0.2) is 5.69 Å². The number of carboxylic acid groups (broad SMARTS) is 1. The van der Waals surface area contributed by atoms with Gasteiger partial charge in [0.25, 0.3) is 0 Å². The molecule has 0 radical (unpaired) electrons. The van der Waals surface area contributed by atoms with E-state index in [1.807, 2.05) is 0 Å². The summed E-state index contributed by atoms with van der Waals surface area (Å²) < 4.78 is 27.7. The Kier molecular flexibility index (Phi) is 7.41. The number of carbonyl (C=O) groups is 1. The second-order valence-corrected chi connectivity index (χ2v) is 10.1. The van der Waals surface area contributed by atoms with Gasteiger partial charge in [0.2, 0.25) is 5.88 Å². The molecule has 0 amide bonds. The number of hydrogen-bond donors (Lipinski definition) is 1. The van der Waals surface area contributed by atoms with Crippen LogP contribution in [0.3, 0.4) is 0 Å². The van der Waals surface area contributed by atoms with Crippen molar-refractivity contribution in [2.24, 2.45) is 0 Å². The van der Waals surface area contributed by atoms with Gasteiger partial charge < -0.3 is 19.1 Å². The van der Waals surface area contributed by atoms with E-state index < -0.39 is 11.8 Å². The minimum absolute atomic E-state index is 0.0179. The van der Waals surface area contributed by atoms with Gasteiger partial charge in [0.05, 0.1) is 60.5 Å². The molecule has 0 unspecified atom stereocenters. The summed E-state index contributed by atoms with van der Waals surface area (Å²) in [6.45, 7) is 10.4. The molecule has 6 rings (SSSR count). The zero-order valence-electron chi connectivity index (χ0n) is 22.2. The van der Waals surface area contributed by atoms with Gasteiger partial charge in [-0.1, -0.05) is 18.2 Å². The van der Waals surface area contributed by atoms with E-state index in [0.717, 1.165) is 48.4 Å². The van der Waals surface area contributed by atoms with Crippen molar-refractivity contribution in [3.63, 3.8) is 0 Å². The zero-order valence-corrected chi connectivity index (χ0v) is 22.2. The Hall–Kier alpha value is -4.66. The average molecular weight is 555 g/mol. The summed E-state index contributed by atoms with van der Waals surface area (Å²) in [7, 11) is 0. The molecule has 2 aromatic heterocycles. The first-order valence-corrected chi connectivity index (χ1v) is 13.3. The van der Waals surface area contributed by atoms with Gasteiger partial charge in [-0.25, -0.2) is 24.0 Å². The van der Waals surface area contributed by atoms with Crippen molar-refractivity contribution in [3.8, 4) is 5.88 Å². The second kappa shape index (κ2) is 11.4. The predicted molar refractivity (Wildman–Crippen MR) is 148 cm³/mol. The Morgan fingerprint density at radius 3 is 2.80 bits per heavy atom. The fraction of sp³-hybridized carbons (Fsp3) is 0.300. The molecule has 11 heteroatoms. The fourth-order valence-corrected chi connectivity index (χ4v) is 5.00. The first-order valence-electron chi connectivity index (χ1n) is 13.3. The fourth-order valence-electron chi connectivity index (χ4n) is 5.00. The van der Waals surface area contributed by atoms with Crippen LogP contribution in [0.1, 0.15) is 40.3 Å². The van der Waals surface area contributed by atoms with Crippen LogP contribution in [0.4, 0.5) is 10.1 Å². The number of benzene rings is 2. The molecular formula is C30H27FN6O4. The molecule has 0 spiro atoms. The van der Waals surface area contributed by atoms with Crippen molar-refractivity contribution in [3.05, 3.63) is 94.7 Å². The van der Waals surface area contributed by atoms with Gasteiger partial charge in [-0.2, -0.15) is 0 Å². The number of hydrogen-bond acceptors (Lipinski definition) is 7. The Balaban J connectivity index is 1.14. The number of aromatic nitrogens is 4. The van der Waals surface area contributed by atoms with Gasteiger partial charge in [0.1, 0.15) is 18.2 Å². The number of halogens is 1. The van der Waals surface area contributed by atoms with Gasteiger partial charge in [-0.3, -0.25) is 9.88 Å². The highest BCUT2D eigenvalue weighted by Crippen LogP contribution is 2.26. The number of fused-ring (bicyclic) bond motifs is 1. The van der Waals surface area contributed by atoms with E-state index >= 15 is 0 Å². The standard InChI is InChI=1S/C30H27FN6O4/c1-32-22-4-2-21(24(31)13-22)18-41-29-15-33-14-26(35-29)19-6-9-36(10-7-19)17-28-34-25-5-3-20(30(38)39)12-27(25)37(28)16-23-8-11-40-23/h2-6,12-15,23H,7-11,16-18H2,(H,38,39)/t23-/m0/s1. The molecule has 2 aliphatic heterocycles. The van der Waals surface area contributed by atoms with E-state index in [0.29, 0.717) is 36.8 Å². The summed E-state index contributed by atoms with van der Waals surface area (Å²) in [6, 6.07) is 9.32. The van der Waals surface area contributed by atoms with Crippen LogP contribution in [0.2, 0.25) is 0 Å². The summed E-state index contributed by atoms with van der Waals surface area (Å²) in [4.78, 5) is 30.8. The van der Waals surface area contributed by atoms with Crippen molar-refractivity contribution >= 4 is 28.3 Å². The third-order valence-corrected chi connectivity index (χ3v) is 7.39. The molecule has 0 aliphatic carbocycles. The lowest BCUT2D eigenvalue weighted by molar-refractivity contribution is -0.0591. The molecule has 1 atom stereocenters. The maximum Gasteiger partial charge on any atom is 0.335 e. The normalized spacial score (nSPS) is 17.1. The molecule has 1 N–H and O–H groups in total. The van der Waals surface area contributed by atoms with Crippen molar-refractivity contribution in [1.29, 1.82) is 0 Å². The molecule has 4 aromatic rings. The SMILES string of the molecule is [C-]#[N+]c1ccc(COc2cncc(C3=CCN(Cc4nc5ccc(C(=O)O)cc5n4C[C@@H]4CCO4)CC3)n2)c(F)c1. The first-order chi connectivity index (χ1) is 20.0. The first kappa shape index (κ1) is 26.6. The average Bonchev–Trinajstić information content (AvgIpc) is 3.30. The van der Waals surface area contributed by atoms with Crippen LogP contribution in [0.5, 0.6) is 5.88 Å². The molecule has 1 saturated heterocycles. The highest BCUT2D eigenvalue weighted by Gasteiger charge is 2.24. The highest BCUT2D eigenvalue weighted by atomic mass is 19.1. The topological polar surface area (TPSA) is 107 Å². The van der Waals surface area contributed by atoms with Crippen molar-refractivity contribution in [1.82, 2.24) is 24.4 Å². The summed E-state index contributed by atoms with van der Waals surface area (Å²) in [6.07, 6.45) is 7.13. The van der Waals surface area contributed by atoms with E-state index in [1.165, 1.54) is 18.3 Å².